The van der Waals surface area contributed by atoms with E-state index in [0.717, 1.165) is 6.42 Å². The van der Waals surface area contributed by atoms with Gasteiger partial charge in [-0.05, 0) is 60.9 Å². The zero-order valence-corrected chi connectivity index (χ0v) is 15.6. The van der Waals surface area contributed by atoms with Gasteiger partial charge in [0, 0.05) is 11.1 Å². The maximum Gasteiger partial charge on any atom is 0.339 e. The highest BCUT2D eigenvalue weighted by Crippen LogP contribution is 2.31. The van der Waals surface area contributed by atoms with Crippen molar-refractivity contribution in [1.82, 2.24) is 0 Å². The van der Waals surface area contributed by atoms with Crippen LogP contribution in [0.25, 0.3) is 17.4 Å². The minimum atomic E-state index is -1.21. The maximum atomic E-state index is 12.3. The summed E-state index contributed by atoms with van der Waals surface area (Å²) in [7, 11) is 0. The minimum Gasteiger partial charge on any atom is -0.507 e. The number of carboxylic acids is 1. The third-order valence-corrected chi connectivity index (χ3v) is 4.49. The Morgan fingerprint density at radius 1 is 1.07 bits per heavy atom. The molecule has 1 heterocycles. The van der Waals surface area contributed by atoms with E-state index in [0.29, 0.717) is 28.2 Å². The second-order valence-corrected chi connectivity index (χ2v) is 6.44. The Labute approximate surface area is 162 Å². The van der Waals surface area contributed by atoms with E-state index in [1.807, 2.05) is 12.1 Å². The molecule has 1 aromatic heterocycles. The summed E-state index contributed by atoms with van der Waals surface area (Å²) >= 11 is 0. The number of furan rings is 1. The number of hydrogen-bond donors (Lipinski definition) is 2. The van der Waals surface area contributed by atoms with Gasteiger partial charge in [-0.15, -0.1) is 0 Å². The molecule has 5 nitrogen and oxygen atoms in total. The molecule has 0 unspecified atom stereocenters. The van der Waals surface area contributed by atoms with Gasteiger partial charge in [0.15, 0.2) is 5.78 Å². The first-order valence-corrected chi connectivity index (χ1v) is 8.87. The predicted octanol–water partition coefficient (Wildman–Crippen LogP) is 5.12. The van der Waals surface area contributed by atoms with Crippen molar-refractivity contribution in [1.29, 1.82) is 0 Å². The second-order valence-electron chi connectivity index (χ2n) is 6.44. The van der Waals surface area contributed by atoms with Crippen LogP contribution in [0.5, 0.6) is 5.75 Å². The van der Waals surface area contributed by atoms with Crippen LogP contribution in [-0.2, 0) is 6.42 Å². The van der Waals surface area contributed by atoms with Gasteiger partial charge in [-0.3, -0.25) is 4.79 Å². The van der Waals surface area contributed by atoms with Crippen molar-refractivity contribution < 1.29 is 24.2 Å². The lowest BCUT2D eigenvalue weighted by atomic mass is 10.0. The van der Waals surface area contributed by atoms with E-state index >= 15 is 0 Å². The molecule has 0 spiro atoms. The molecule has 2 aromatic carbocycles. The topological polar surface area (TPSA) is 87.7 Å². The van der Waals surface area contributed by atoms with Crippen LogP contribution in [0.1, 0.15) is 44.5 Å². The standard InChI is InChI=1S/C23H20O5/c1-3-15-4-6-16(7-5-15)20(24)10-8-18-9-11-21(28-18)17-12-14(2)22(25)19(13-17)23(26)27/h4-13,25H,3H2,1-2H3,(H,26,27)/b10-8+. The molecule has 0 aliphatic heterocycles. The number of phenols is 1. The molecule has 0 fully saturated rings. The van der Waals surface area contributed by atoms with E-state index in [-0.39, 0.29) is 17.1 Å². The quantitative estimate of drug-likeness (QED) is 0.461. The molecule has 2 N–H and O–H groups in total. The Hall–Kier alpha value is -3.60. The lowest BCUT2D eigenvalue weighted by Gasteiger charge is -2.06. The molecule has 5 heteroatoms. The van der Waals surface area contributed by atoms with Gasteiger partial charge in [0.25, 0.3) is 0 Å². The van der Waals surface area contributed by atoms with Crippen LogP contribution in [0.3, 0.4) is 0 Å². The van der Waals surface area contributed by atoms with Crippen LogP contribution in [0.2, 0.25) is 0 Å². The summed E-state index contributed by atoms with van der Waals surface area (Å²) in [5.74, 6) is -0.688. The number of carbonyl (C=O) groups excluding carboxylic acids is 1. The molecule has 0 aliphatic rings. The van der Waals surface area contributed by atoms with E-state index in [2.05, 4.69) is 6.92 Å². The fourth-order valence-corrected chi connectivity index (χ4v) is 2.84. The van der Waals surface area contributed by atoms with Gasteiger partial charge in [0.2, 0.25) is 0 Å². The molecule has 0 saturated carbocycles. The van der Waals surface area contributed by atoms with Crippen LogP contribution in [0, 0.1) is 6.92 Å². The zero-order valence-electron chi connectivity index (χ0n) is 15.6. The van der Waals surface area contributed by atoms with E-state index < -0.39 is 5.97 Å². The van der Waals surface area contributed by atoms with E-state index in [4.69, 9.17) is 4.42 Å². The highest BCUT2D eigenvalue weighted by atomic mass is 16.4. The molecule has 3 rings (SSSR count). The third-order valence-electron chi connectivity index (χ3n) is 4.49. The lowest BCUT2D eigenvalue weighted by molar-refractivity contribution is 0.0693. The third kappa shape index (κ3) is 4.04. The summed E-state index contributed by atoms with van der Waals surface area (Å²) in [6, 6.07) is 13.8. The largest absolute Gasteiger partial charge is 0.507 e. The first-order chi connectivity index (χ1) is 13.4. The molecule has 0 aliphatic carbocycles. The molecular weight excluding hydrogens is 356 g/mol. The normalized spacial score (nSPS) is 11.1. The van der Waals surface area contributed by atoms with Crippen LogP contribution in [0.15, 0.2) is 59.0 Å². The Bertz CT molecular complexity index is 1060. The number of carboxylic acid groups (broad SMARTS) is 1. The first-order valence-electron chi connectivity index (χ1n) is 8.87. The first kappa shape index (κ1) is 19.2. The average molecular weight is 376 g/mol. The summed E-state index contributed by atoms with van der Waals surface area (Å²) in [6.07, 6.45) is 3.93. The Morgan fingerprint density at radius 3 is 2.43 bits per heavy atom. The van der Waals surface area contributed by atoms with Crippen molar-refractivity contribution in [3.05, 3.63) is 82.6 Å². The van der Waals surface area contributed by atoms with Crippen LogP contribution < -0.4 is 0 Å². The summed E-state index contributed by atoms with van der Waals surface area (Å²) < 4.78 is 5.71. The molecule has 142 valence electrons. The average Bonchev–Trinajstić information content (AvgIpc) is 3.17. The minimum absolute atomic E-state index is 0.130. The molecule has 0 radical (unpaired) electrons. The predicted molar refractivity (Wildman–Crippen MR) is 107 cm³/mol. The summed E-state index contributed by atoms with van der Waals surface area (Å²) in [5.41, 5.74) is 2.55. The molecular formula is C23H20O5. The number of ketones is 1. The van der Waals surface area contributed by atoms with Gasteiger partial charge in [0.05, 0.1) is 0 Å². The van der Waals surface area contributed by atoms with Gasteiger partial charge >= 0.3 is 5.97 Å². The van der Waals surface area contributed by atoms with Crippen molar-refractivity contribution in [2.45, 2.75) is 20.3 Å². The Morgan fingerprint density at radius 2 is 1.79 bits per heavy atom. The fraction of sp³-hybridized carbons (Fsp3) is 0.130. The molecule has 0 saturated heterocycles. The van der Waals surface area contributed by atoms with Gasteiger partial charge in [-0.1, -0.05) is 31.2 Å². The van der Waals surface area contributed by atoms with Crippen LogP contribution in [-0.4, -0.2) is 22.0 Å². The van der Waals surface area contributed by atoms with Crippen molar-refractivity contribution in [3.8, 4) is 17.1 Å². The van der Waals surface area contributed by atoms with Gasteiger partial charge in [-0.25, -0.2) is 4.79 Å². The van der Waals surface area contributed by atoms with Crippen LogP contribution >= 0.6 is 0 Å². The number of hydrogen-bond acceptors (Lipinski definition) is 4. The van der Waals surface area contributed by atoms with Crippen LogP contribution in [0.4, 0.5) is 0 Å². The maximum absolute atomic E-state index is 12.3. The monoisotopic (exact) mass is 376 g/mol. The number of aryl methyl sites for hydroxylation is 2. The molecule has 3 aromatic rings. The van der Waals surface area contributed by atoms with Gasteiger partial charge < -0.3 is 14.6 Å². The van der Waals surface area contributed by atoms with Crippen molar-refractivity contribution in [2.75, 3.05) is 0 Å². The molecule has 28 heavy (non-hydrogen) atoms. The molecule has 0 amide bonds. The van der Waals surface area contributed by atoms with E-state index in [1.54, 1.807) is 43.3 Å². The van der Waals surface area contributed by atoms with E-state index in [9.17, 15) is 19.8 Å². The summed E-state index contributed by atoms with van der Waals surface area (Å²) in [6.45, 7) is 3.68. The highest BCUT2D eigenvalue weighted by Gasteiger charge is 2.15. The fourth-order valence-electron chi connectivity index (χ4n) is 2.84. The van der Waals surface area contributed by atoms with Crippen molar-refractivity contribution >= 4 is 17.8 Å². The van der Waals surface area contributed by atoms with Crippen molar-refractivity contribution in [2.24, 2.45) is 0 Å². The number of benzene rings is 2. The van der Waals surface area contributed by atoms with Crippen molar-refractivity contribution in [3.63, 3.8) is 0 Å². The van der Waals surface area contributed by atoms with Gasteiger partial charge in [-0.2, -0.15) is 0 Å². The second kappa shape index (κ2) is 7.96. The SMILES string of the molecule is CCc1ccc(C(=O)/C=C/c2ccc(-c3cc(C)c(O)c(C(=O)O)c3)o2)cc1. The summed E-state index contributed by atoms with van der Waals surface area (Å²) in [5, 5.41) is 19.1. The molecule has 0 bridgehead atoms. The highest BCUT2D eigenvalue weighted by molar-refractivity contribution is 6.06. The zero-order chi connectivity index (χ0) is 20.3. The number of aromatic hydroxyl groups is 1. The van der Waals surface area contributed by atoms with E-state index in [1.165, 1.54) is 17.7 Å². The number of carbonyl (C=O) groups is 2. The summed E-state index contributed by atoms with van der Waals surface area (Å²) in [4.78, 5) is 23.6. The Kier molecular flexibility index (Phi) is 5.45. The Balaban J connectivity index is 1.81. The smallest absolute Gasteiger partial charge is 0.339 e. The number of aromatic carboxylic acids is 1. The lowest BCUT2D eigenvalue weighted by Crippen LogP contribution is -1.98. The number of allylic oxidation sites excluding steroid dienone is 1. The number of rotatable bonds is 6. The van der Waals surface area contributed by atoms with Gasteiger partial charge in [0.1, 0.15) is 22.8 Å². The molecule has 0 atom stereocenters.